The van der Waals surface area contributed by atoms with Gasteiger partial charge in [-0.1, -0.05) is 35.2 Å². The lowest BCUT2D eigenvalue weighted by molar-refractivity contribution is -0.0564. The predicted octanol–water partition coefficient (Wildman–Crippen LogP) is 3.14. The molecule has 1 aliphatic carbocycles. The van der Waals surface area contributed by atoms with Gasteiger partial charge in [0.25, 0.3) is 0 Å². The number of halogens is 1. The summed E-state index contributed by atoms with van der Waals surface area (Å²) in [6.07, 6.45) is 7.43. The maximum absolute atomic E-state index is 5.99. The summed E-state index contributed by atoms with van der Waals surface area (Å²) in [7, 11) is 1.74. The summed E-state index contributed by atoms with van der Waals surface area (Å²) in [5.41, 5.74) is 0.131. The highest BCUT2D eigenvalue weighted by molar-refractivity contribution is 9.09. The number of hydrogen-bond donors (Lipinski definition) is 0. The van der Waals surface area contributed by atoms with Crippen LogP contribution in [0.3, 0.4) is 0 Å². The summed E-state index contributed by atoms with van der Waals surface area (Å²) in [5, 5.41) is 0.979. The summed E-state index contributed by atoms with van der Waals surface area (Å²) in [6.45, 7) is 1.64. The van der Waals surface area contributed by atoms with Crippen molar-refractivity contribution in [3.8, 4) is 0 Å². The van der Waals surface area contributed by atoms with E-state index in [1.807, 2.05) is 0 Å². The quantitative estimate of drug-likeness (QED) is 0.542. The van der Waals surface area contributed by atoms with Crippen LogP contribution in [0.1, 0.15) is 38.5 Å². The topological polar surface area (TPSA) is 18.5 Å². The van der Waals surface area contributed by atoms with Crippen LogP contribution in [0.15, 0.2) is 0 Å². The molecule has 0 N–H and O–H groups in total. The first-order valence-corrected chi connectivity index (χ1v) is 6.64. The Morgan fingerprint density at radius 1 is 1.14 bits per heavy atom. The fourth-order valence-corrected chi connectivity index (χ4v) is 2.73. The molecule has 0 spiro atoms. The van der Waals surface area contributed by atoms with Gasteiger partial charge in [0.2, 0.25) is 0 Å². The maximum Gasteiger partial charge on any atom is 0.0778 e. The van der Waals surface area contributed by atoms with Crippen LogP contribution in [-0.4, -0.2) is 31.3 Å². The smallest absolute Gasteiger partial charge is 0.0778 e. The van der Waals surface area contributed by atoms with Crippen LogP contribution in [0.5, 0.6) is 0 Å². The largest absolute Gasteiger partial charge is 0.385 e. The lowest BCUT2D eigenvalue weighted by Gasteiger charge is -2.35. The molecule has 0 radical (unpaired) electrons. The van der Waals surface area contributed by atoms with E-state index >= 15 is 0 Å². The highest BCUT2D eigenvalue weighted by Gasteiger charge is 2.31. The summed E-state index contributed by atoms with van der Waals surface area (Å²) in [5.74, 6) is 0. The van der Waals surface area contributed by atoms with Gasteiger partial charge in [-0.05, 0) is 19.3 Å². The summed E-state index contributed by atoms with van der Waals surface area (Å²) < 4.78 is 11.0. The molecule has 0 saturated heterocycles. The van der Waals surface area contributed by atoms with Crippen molar-refractivity contribution < 1.29 is 9.47 Å². The van der Waals surface area contributed by atoms with Gasteiger partial charge in [-0.3, -0.25) is 0 Å². The molecule has 84 valence electrons. The van der Waals surface area contributed by atoms with Gasteiger partial charge in [-0.15, -0.1) is 0 Å². The SMILES string of the molecule is COCCCOC1(CBr)CCCCC1. The molecule has 3 heteroatoms. The molecule has 0 aromatic carbocycles. The Bertz CT molecular complexity index is 144. The van der Waals surface area contributed by atoms with Gasteiger partial charge in [0.15, 0.2) is 0 Å². The first kappa shape index (κ1) is 12.5. The molecule has 1 aliphatic rings. The van der Waals surface area contributed by atoms with Crippen molar-refractivity contribution in [1.82, 2.24) is 0 Å². The minimum Gasteiger partial charge on any atom is -0.385 e. The molecule has 0 atom stereocenters. The van der Waals surface area contributed by atoms with E-state index in [9.17, 15) is 0 Å². The molecule has 0 bridgehead atoms. The molecule has 0 aliphatic heterocycles. The summed E-state index contributed by atoms with van der Waals surface area (Å²) in [6, 6.07) is 0. The molecule has 0 amide bonds. The van der Waals surface area contributed by atoms with E-state index in [4.69, 9.17) is 9.47 Å². The predicted molar refractivity (Wildman–Crippen MR) is 62.1 cm³/mol. The molecule has 1 fully saturated rings. The molecular weight excluding hydrogens is 244 g/mol. The lowest BCUT2D eigenvalue weighted by Crippen LogP contribution is -2.37. The Hall–Kier alpha value is 0.400. The summed E-state index contributed by atoms with van der Waals surface area (Å²) >= 11 is 3.58. The van der Waals surface area contributed by atoms with Crippen molar-refractivity contribution in [1.29, 1.82) is 0 Å². The molecule has 0 heterocycles. The van der Waals surface area contributed by atoms with E-state index < -0.39 is 0 Å². The van der Waals surface area contributed by atoms with Gasteiger partial charge in [0, 0.05) is 25.7 Å². The Balaban J connectivity index is 2.22. The van der Waals surface area contributed by atoms with Crippen LogP contribution < -0.4 is 0 Å². The number of ether oxygens (including phenoxy) is 2. The zero-order chi connectivity index (χ0) is 10.3. The van der Waals surface area contributed by atoms with E-state index in [2.05, 4.69) is 15.9 Å². The second-order valence-electron chi connectivity index (χ2n) is 4.07. The van der Waals surface area contributed by atoms with Gasteiger partial charge >= 0.3 is 0 Å². The standard InChI is InChI=1S/C11H21BrO2/c1-13-8-5-9-14-11(10-12)6-3-2-4-7-11/h2-10H2,1H3. The highest BCUT2D eigenvalue weighted by Crippen LogP contribution is 2.33. The zero-order valence-electron chi connectivity index (χ0n) is 9.06. The first-order chi connectivity index (χ1) is 6.83. The lowest BCUT2D eigenvalue weighted by atomic mass is 9.86. The molecular formula is C11H21BrO2. The van der Waals surface area contributed by atoms with Crippen LogP contribution in [0.25, 0.3) is 0 Å². The molecule has 0 aromatic rings. The average molecular weight is 265 g/mol. The van der Waals surface area contributed by atoms with Crippen molar-refractivity contribution in [2.45, 2.75) is 44.1 Å². The van der Waals surface area contributed by atoms with E-state index in [0.717, 1.165) is 25.0 Å². The minimum atomic E-state index is 0.131. The number of hydrogen-bond acceptors (Lipinski definition) is 2. The summed E-state index contributed by atoms with van der Waals surface area (Å²) in [4.78, 5) is 0. The van der Waals surface area contributed by atoms with Crippen LogP contribution in [0.2, 0.25) is 0 Å². The molecule has 2 nitrogen and oxygen atoms in total. The van der Waals surface area contributed by atoms with Crippen LogP contribution in [0.4, 0.5) is 0 Å². The van der Waals surface area contributed by atoms with Crippen molar-refractivity contribution >= 4 is 15.9 Å². The van der Waals surface area contributed by atoms with Crippen molar-refractivity contribution in [3.05, 3.63) is 0 Å². The third-order valence-electron chi connectivity index (χ3n) is 2.91. The van der Waals surface area contributed by atoms with Crippen molar-refractivity contribution in [2.75, 3.05) is 25.7 Å². The number of alkyl halides is 1. The fourth-order valence-electron chi connectivity index (χ4n) is 2.00. The van der Waals surface area contributed by atoms with Gasteiger partial charge in [-0.2, -0.15) is 0 Å². The molecule has 0 aromatic heterocycles. The van der Waals surface area contributed by atoms with E-state index in [-0.39, 0.29) is 5.60 Å². The van der Waals surface area contributed by atoms with Crippen molar-refractivity contribution in [2.24, 2.45) is 0 Å². The first-order valence-electron chi connectivity index (χ1n) is 5.52. The van der Waals surface area contributed by atoms with Crippen molar-refractivity contribution in [3.63, 3.8) is 0 Å². The van der Waals surface area contributed by atoms with Gasteiger partial charge in [0.1, 0.15) is 0 Å². The van der Waals surface area contributed by atoms with Crippen LogP contribution in [0, 0.1) is 0 Å². The molecule has 1 saturated carbocycles. The van der Waals surface area contributed by atoms with E-state index in [1.165, 1.54) is 32.1 Å². The number of methoxy groups -OCH3 is 1. The van der Waals surface area contributed by atoms with E-state index in [0.29, 0.717) is 0 Å². The third kappa shape index (κ3) is 3.87. The second kappa shape index (κ2) is 6.81. The average Bonchev–Trinajstić information content (AvgIpc) is 2.26. The number of rotatable bonds is 6. The molecule has 1 rings (SSSR count). The fraction of sp³-hybridized carbons (Fsp3) is 1.00. The second-order valence-corrected chi connectivity index (χ2v) is 4.63. The highest BCUT2D eigenvalue weighted by atomic mass is 79.9. The molecule has 14 heavy (non-hydrogen) atoms. The monoisotopic (exact) mass is 264 g/mol. The zero-order valence-corrected chi connectivity index (χ0v) is 10.6. The van der Waals surface area contributed by atoms with Gasteiger partial charge in [-0.25, -0.2) is 0 Å². The Morgan fingerprint density at radius 3 is 2.43 bits per heavy atom. The third-order valence-corrected chi connectivity index (χ3v) is 3.93. The molecule has 0 unspecified atom stereocenters. The Kier molecular flexibility index (Phi) is 6.06. The maximum atomic E-state index is 5.99. The Labute approximate surface area is 95.5 Å². The van der Waals surface area contributed by atoms with E-state index in [1.54, 1.807) is 7.11 Å². The van der Waals surface area contributed by atoms with Gasteiger partial charge < -0.3 is 9.47 Å². The normalized spacial score (nSPS) is 21.0. The van der Waals surface area contributed by atoms with Crippen LogP contribution in [-0.2, 0) is 9.47 Å². The van der Waals surface area contributed by atoms with Gasteiger partial charge in [0.05, 0.1) is 5.60 Å². The Morgan fingerprint density at radius 2 is 1.86 bits per heavy atom. The minimum absolute atomic E-state index is 0.131. The van der Waals surface area contributed by atoms with Crippen LogP contribution >= 0.6 is 15.9 Å².